The lowest BCUT2D eigenvalue weighted by Crippen LogP contribution is -2.36. The van der Waals surface area contributed by atoms with Gasteiger partial charge >= 0.3 is 0 Å². The van der Waals surface area contributed by atoms with Crippen LogP contribution < -0.4 is 10.1 Å². The molecule has 35 heavy (non-hydrogen) atoms. The Bertz CT molecular complexity index is 1330. The zero-order valence-electron chi connectivity index (χ0n) is 18.0. The van der Waals surface area contributed by atoms with Crippen LogP contribution in [0.2, 0.25) is 10.0 Å². The molecule has 4 rings (SSSR count). The van der Waals surface area contributed by atoms with Crippen molar-refractivity contribution in [1.29, 1.82) is 0 Å². The molecule has 1 saturated heterocycles. The molecular weight excluding hydrogens is 575 g/mol. The molecular formula is C25H17BrCl2N2O4S. The number of thioether (sulfide) groups is 1. The number of hydrogen-bond acceptors (Lipinski definition) is 5. The Kier molecular flexibility index (Phi) is 8.18. The maximum absolute atomic E-state index is 12.9. The van der Waals surface area contributed by atoms with Crippen LogP contribution in [0.15, 0.2) is 76.1 Å². The van der Waals surface area contributed by atoms with Crippen molar-refractivity contribution in [3.05, 3.63) is 97.3 Å². The summed E-state index contributed by atoms with van der Waals surface area (Å²) in [5, 5.41) is 3.18. The fourth-order valence-corrected chi connectivity index (χ4v) is 4.69. The zero-order valence-corrected chi connectivity index (χ0v) is 21.9. The van der Waals surface area contributed by atoms with E-state index in [2.05, 4.69) is 21.2 Å². The monoisotopic (exact) mass is 590 g/mol. The second-order valence-corrected chi connectivity index (χ2v) is 10.2. The molecule has 0 radical (unpaired) electrons. The Balaban J connectivity index is 1.48. The third kappa shape index (κ3) is 6.67. The Hall–Kier alpha value is -2.78. The van der Waals surface area contributed by atoms with E-state index in [4.69, 9.17) is 27.9 Å². The van der Waals surface area contributed by atoms with E-state index in [1.165, 1.54) is 6.08 Å². The number of nitrogens with one attached hydrogen (secondary N) is 1. The molecule has 1 heterocycles. The third-order valence-electron chi connectivity index (χ3n) is 4.85. The van der Waals surface area contributed by atoms with Gasteiger partial charge in [0.25, 0.3) is 11.1 Å². The van der Waals surface area contributed by atoms with E-state index >= 15 is 0 Å². The summed E-state index contributed by atoms with van der Waals surface area (Å²) in [5.41, 5.74) is 1.96. The number of hydrogen-bond donors (Lipinski definition) is 1. The standard InChI is InChI=1S/C25H17BrCl2N2O4S/c26-17-4-7-20(8-5-17)29-23(31)13-30-24(32)22(35-25(30)33)12-16-11-19(28)6-9-21(16)34-14-15-2-1-3-18(27)10-15/h1-12H,13-14H2,(H,29,31)/b22-12+. The quantitative estimate of drug-likeness (QED) is 0.299. The van der Waals surface area contributed by atoms with Gasteiger partial charge in [0, 0.05) is 25.8 Å². The smallest absolute Gasteiger partial charge is 0.294 e. The van der Waals surface area contributed by atoms with Crippen LogP contribution in [0.1, 0.15) is 11.1 Å². The molecule has 3 aromatic rings. The first-order valence-electron chi connectivity index (χ1n) is 10.3. The van der Waals surface area contributed by atoms with Crippen molar-refractivity contribution in [3.8, 4) is 5.75 Å². The summed E-state index contributed by atoms with van der Waals surface area (Å²) in [6, 6.07) is 19.2. The molecule has 3 aromatic carbocycles. The Morgan fingerprint density at radius 3 is 2.51 bits per heavy atom. The highest BCUT2D eigenvalue weighted by molar-refractivity contribution is 9.10. The summed E-state index contributed by atoms with van der Waals surface area (Å²) in [4.78, 5) is 38.9. The topological polar surface area (TPSA) is 75.7 Å². The van der Waals surface area contributed by atoms with Gasteiger partial charge in [-0.2, -0.15) is 0 Å². The number of halogens is 3. The normalized spacial score (nSPS) is 14.5. The fraction of sp³-hybridized carbons (Fsp3) is 0.0800. The summed E-state index contributed by atoms with van der Waals surface area (Å²) in [6.45, 7) is -0.146. The molecule has 0 aromatic heterocycles. The van der Waals surface area contributed by atoms with Crippen molar-refractivity contribution in [3.63, 3.8) is 0 Å². The van der Waals surface area contributed by atoms with Gasteiger partial charge in [-0.15, -0.1) is 0 Å². The van der Waals surface area contributed by atoms with Gasteiger partial charge in [0.05, 0.1) is 4.91 Å². The van der Waals surface area contributed by atoms with Gasteiger partial charge in [0.1, 0.15) is 18.9 Å². The van der Waals surface area contributed by atoms with Crippen LogP contribution in [-0.2, 0) is 16.2 Å². The highest BCUT2D eigenvalue weighted by Crippen LogP contribution is 2.35. The van der Waals surface area contributed by atoms with Crippen molar-refractivity contribution in [2.24, 2.45) is 0 Å². The van der Waals surface area contributed by atoms with E-state index in [0.29, 0.717) is 27.0 Å². The molecule has 3 amide bonds. The average Bonchev–Trinajstić information content (AvgIpc) is 3.07. The summed E-state index contributed by atoms with van der Waals surface area (Å²) in [6.07, 6.45) is 1.54. The van der Waals surface area contributed by atoms with Crippen molar-refractivity contribution in [2.75, 3.05) is 11.9 Å². The summed E-state index contributed by atoms with van der Waals surface area (Å²) < 4.78 is 6.79. The predicted octanol–water partition coefficient (Wildman–Crippen LogP) is 7.01. The minimum atomic E-state index is -0.563. The maximum atomic E-state index is 12.9. The molecule has 1 aliphatic heterocycles. The second kappa shape index (κ2) is 11.3. The van der Waals surface area contributed by atoms with E-state index < -0.39 is 23.6 Å². The molecule has 0 saturated carbocycles. The lowest BCUT2D eigenvalue weighted by atomic mass is 10.1. The van der Waals surface area contributed by atoms with Gasteiger partial charge in [-0.3, -0.25) is 19.3 Å². The van der Waals surface area contributed by atoms with Gasteiger partial charge in [-0.05, 0) is 78.0 Å². The van der Waals surface area contributed by atoms with Crippen molar-refractivity contribution >= 4 is 79.7 Å². The number of carbonyl (C=O) groups excluding carboxylic acids is 3. The Morgan fingerprint density at radius 1 is 1.03 bits per heavy atom. The largest absolute Gasteiger partial charge is 0.488 e. The molecule has 0 bridgehead atoms. The van der Waals surface area contributed by atoms with E-state index in [1.807, 2.05) is 12.1 Å². The van der Waals surface area contributed by atoms with Gasteiger partial charge in [-0.25, -0.2) is 0 Å². The van der Waals surface area contributed by atoms with E-state index in [9.17, 15) is 14.4 Å². The summed E-state index contributed by atoms with van der Waals surface area (Å²) >= 11 is 16.3. The molecule has 1 aliphatic rings. The number of benzene rings is 3. The van der Waals surface area contributed by atoms with Crippen LogP contribution in [0.4, 0.5) is 10.5 Å². The highest BCUT2D eigenvalue weighted by Gasteiger charge is 2.36. The van der Waals surface area contributed by atoms with Crippen LogP contribution in [0.25, 0.3) is 6.08 Å². The molecule has 10 heteroatoms. The Morgan fingerprint density at radius 2 is 1.77 bits per heavy atom. The first-order chi connectivity index (χ1) is 16.8. The van der Waals surface area contributed by atoms with Gasteiger partial charge < -0.3 is 10.1 Å². The summed E-state index contributed by atoms with van der Waals surface area (Å²) in [5.74, 6) is -0.565. The minimum Gasteiger partial charge on any atom is -0.488 e. The average molecular weight is 592 g/mol. The number of imide groups is 1. The molecule has 0 atom stereocenters. The number of amides is 3. The molecule has 0 aliphatic carbocycles. The van der Waals surface area contributed by atoms with Crippen molar-refractivity contribution in [2.45, 2.75) is 6.61 Å². The van der Waals surface area contributed by atoms with Crippen LogP contribution in [0, 0.1) is 0 Å². The van der Waals surface area contributed by atoms with Crippen LogP contribution in [0.5, 0.6) is 5.75 Å². The van der Waals surface area contributed by atoms with E-state index in [0.717, 1.165) is 26.7 Å². The lowest BCUT2D eigenvalue weighted by Gasteiger charge is -2.13. The number of ether oxygens (including phenoxy) is 1. The minimum absolute atomic E-state index is 0.168. The second-order valence-electron chi connectivity index (χ2n) is 7.42. The number of rotatable bonds is 7. The first kappa shape index (κ1) is 25.3. The highest BCUT2D eigenvalue weighted by atomic mass is 79.9. The lowest BCUT2D eigenvalue weighted by molar-refractivity contribution is -0.127. The molecule has 0 unspecified atom stereocenters. The van der Waals surface area contributed by atoms with E-state index in [-0.39, 0.29) is 11.5 Å². The number of carbonyl (C=O) groups is 3. The van der Waals surface area contributed by atoms with Crippen LogP contribution in [0.3, 0.4) is 0 Å². The van der Waals surface area contributed by atoms with Gasteiger partial charge in [0.2, 0.25) is 5.91 Å². The van der Waals surface area contributed by atoms with E-state index in [1.54, 1.807) is 54.6 Å². The summed E-state index contributed by atoms with van der Waals surface area (Å²) in [7, 11) is 0. The fourth-order valence-electron chi connectivity index (χ4n) is 3.21. The first-order valence-corrected chi connectivity index (χ1v) is 12.6. The van der Waals surface area contributed by atoms with Crippen molar-refractivity contribution < 1.29 is 19.1 Å². The molecule has 1 fully saturated rings. The number of anilines is 1. The third-order valence-corrected chi connectivity index (χ3v) is 6.75. The molecule has 6 nitrogen and oxygen atoms in total. The van der Waals surface area contributed by atoms with Crippen LogP contribution >= 0.6 is 50.9 Å². The van der Waals surface area contributed by atoms with Gasteiger partial charge in [-0.1, -0.05) is 51.3 Å². The molecule has 0 spiro atoms. The molecule has 1 N–H and O–H groups in total. The number of nitrogens with zero attached hydrogens (tertiary/aromatic N) is 1. The van der Waals surface area contributed by atoms with Crippen molar-refractivity contribution in [1.82, 2.24) is 4.90 Å². The maximum Gasteiger partial charge on any atom is 0.294 e. The zero-order chi connectivity index (χ0) is 24.9. The van der Waals surface area contributed by atoms with Gasteiger partial charge in [0.15, 0.2) is 0 Å². The predicted molar refractivity (Wildman–Crippen MR) is 143 cm³/mol. The molecule has 178 valence electrons. The van der Waals surface area contributed by atoms with Crippen LogP contribution in [-0.4, -0.2) is 28.5 Å². The Labute approximate surface area is 224 Å². The SMILES string of the molecule is O=C(CN1C(=O)S/C(=C/c2cc(Cl)ccc2OCc2cccc(Cl)c2)C1=O)Nc1ccc(Br)cc1.